The predicted molar refractivity (Wildman–Crippen MR) is 108 cm³/mol. The lowest BCUT2D eigenvalue weighted by atomic mass is 9.85. The Labute approximate surface area is 193 Å². The molecule has 2 unspecified atom stereocenters. The fraction of sp³-hybridized carbons (Fsp3) is 0.375. The zero-order chi connectivity index (χ0) is 25.6. The van der Waals surface area contributed by atoms with Gasteiger partial charge in [-0.1, -0.05) is 6.58 Å². The molecule has 1 saturated heterocycles. The fourth-order valence-corrected chi connectivity index (χ4v) is 4.18. The van der Waals surface area contributed by atoms with E-state index >= 15 is 0 Å². The van der Waals surface area contributed by atoms with Crippen LogP contribution in [-0.4, -0.2) is 68.9 Å². The molecule has 18 heteroatoms. The summed E-state index contributed by atoms with van der Waals surface area (Å²) in [6.07, 6.45) is -0.764. The van der Waals surface area contributed by atoms with Gasteiger partial charge in [0.25, 0.3) is 11.8 Å². The van der Waals surface area contributed by atoms with Crippen molar-refractivity contribution in [3.63, 3.8) is 0 Å². The Balaban J connectivity index is 1.86. The molecule has 1 fully saturated rings. The summed E-state index contributed by atoms with van der Waals surface area (Å²) < 4.78 is 68.4. The number of aromatic nitrogens is 2. The van der Waals surface area contributed by atoms with Gasteiger partial charge in [-0.25, -0.2) is 9.79 Å². The fourth-order valence-electron chi connectivity index (χ4n) is 3.22. The number of hydrogen-bond acceptors (Lipinski definition) is 11. The number of β-lactam (4-membered cyclic amide) rings is 1. The van der Waals surface area contributed by atoms with E-state index in [0.717, 1.165) is 11.5 Å². The number of hydrogen-bond donors (Lipinski definition) is 3. The van der Waals surface area contributed by atoms with Crippen LogP contribution in [0.15, 0.2) is 28.7 Å². The zero-order valence-corrected chi connectivity index (χ0v) is 18.6. The van der Waals surface area contributed by atoms with Crippen LogP contribution in [0.4, 0.5) is 18.3 Å². The molecule has 184 valence electrons. The van der Waals surface area contributed by atoms with Gasteiger partial charge in [-0.3, -0.25) is 14.5 Å². The molecular formula is C16H15F3N6O7S2. The first-order valence-electron chi connectivity index (χ1n) is 9.09. The van der Waals surface area contributed by atoms with E-state index in [0.29, 0.717) is 4.90 Å². The van der Waals surface area contributed by atoms with E-state index in [1.807, 2.05) is 0 Å². The molecule has 2 amide bonds. The molecule has 1 aromatic heterocycles. The monoisotopic (exact) mass is 524 g/mol. The van der Waals surface area contributed by atoms with E-state index in [4.69, 9.17) is 5.73 Å². The quantitative estimate of drug-likeness (QED) is 0.190. The standard InChI is InChI=1S/C16H15F3N6O7S2/c1-5(2)21-9(11-23-15(20)33-24-11)12(26)22-8-6-3-4-7(32-34(30,31)16(17,18)19)10(14(28)29)25(6)13(8)27/h6,8H,1,3-4H2,2H3,(H,22,26)(H,28,29)(H2,20,23,24). The first kappa shape index (κ1) is 25.1. The molecule has 0 radical (unpaired) electrons. The second-order valence-corrected chi connectivity index (χ2v) is 9.30. The number of halogens is 3. The van der Waals surface area contributed by atoms with Crippen LogP contribution in [0.3, 0.4) is 0 Å². The van der Waals surface area contributed by atoms with Crippen molar-refractivity contribution >= 4 is 50.3 Å². The number of alkyl halides is 3. The molecule has 0 spiro atoms. The van der Waals surface area contributed by atoms with Crippen molar-refractivity contribution < 1.29 is 45.3 Å². The number of carboxylic acid groups (broad SMARTS) is 1. The Bertz CT molecular complexity index is 1250. The van der Waals surface area contributed by atoms with Crippen LogP contribution < -0.4 is 11.1 Å². The Hall–Kier alpha value is -3.54. The number of fused-ring (bicyclic) bond motifs is 1. The number of nitrogens with two attached hydrogens (primary N) is 1. The lowest BCUT2D eigenvalue weighted by Crippen LogP contribution is -2.72. The summed E-state index contributed by atoms with van der Waals surface area (Å²) in [5.41, 5.74) is -1.48. The van der Waals surface area contributed by atoms with Gasteiger partial charge in [-0.2, -0.15) is 30.9 Å². The number of allylic oxidation sites excluding steroid dienone is 2. The number of amides is 2. The molecule has 0 saturated carbocycles. The number of carbonyl (C=O) groups is 3. The van der Waals surface area contributed by atoms with E-state index in [1.165, 1.54) is 6.92 Å². The third-order valence-corrected chi connectivity index (χ3v) is 6.08. The summed E-state index contributed by atoms with van der Waals surface area (Å²) >= 11 is 0.781. The van der Waals surface area contributed by atoms with Gasteiger partial charge >= 0.3 is 21.6 Å². The van der Waals surface area contributed by atoms with Crippen molar-refractivity contribution in [2.24, 2.45) is 4.99 Å². The Morgan fingerprint density at radius 1 is 1.41 bits per heavy atom. The van der Waals surface area contributed by atoms with Crippen LogP contribution in [0.1, 0.15) is 25.6 Å². The highest BCUT2D eigenvalue weighted by Crippen LogP contribution is 2.39. The highest BCUT2D eigenvalue weighted by Gasteiger charge is 2.56. The Morgan fingerprint density at radius 2 is 2.06 bits per heavy atom. The number of aliphatic imine (C=N–C) groups is 1. The third-order valence-electron chi connectivity index (χ3n) is 4.55. The molecule has 3 rings (SSSR count). The molecular weight excluding hydrogens is 509 g/mol. The third kappa shape index (κ3) is 4.58. The first-order valence-corrected chi connectivity index (χ1v) is 11.3. The topological polar surface area (TPSA) is 194 Å². The van der Waals surface area contributed by atoms with Gasteiger partial charge in [0.2, 0.25) is 0 Å². The van der Waals surface area contributed by atoms with Gasteiger partial charge in [0, 0.05) is 23.7 Å². The van der Waals surface area contributed by atoms with Crippen LogP contribution in [0.2, 0.25) is 0 Å². The van der Waals surface area contributed by atoms with E-state index in [2.05, 4.69) is 30.4 Å². The molecule has 2 atom stereocenters. The number of carboxylic acids is 1. The minimum absolute atomic E-state index is 0.0352. The largest absolute Gasteiger partial charge is 0.534 e. The van der Waals surface area contributed by atoms with E-state index in [-0.39, 0.29) is 28.8 Å². The number of anilines is 1. The van der Waals surface area contributed by atoms with Gasteiger partial charge in [-0.15, -0.1) is 0 Å². The maximum Gasteiger partial charge on any atom is 0.534 e. The van der Waals surface area contributed by atoms with Crippen molar-refractivity contribution in [2.45, 2.75) is 37.4 Å². The summed E-state index contributed by atoms with van der Waals surface area (Å²) in [5.74, 6) is -5.01. The first-order chi connectivity index (χ1) is 15.6. The summed E-state index contributed by atoms with van der Waals surface area (Å²) in [6.45, 7) is 5.02. The molecule has 3 heterocycles. The number of nitrogen functional groups attached to an aromatic ring is 1. The SMILES string of the molecule is C=C(C)N=C(C(=O)NC1C(=O)N2C(C(=O)O)=C(OS(=O)(=O)C(F)(F)F)CCC12)c1nsc(N)n1. The highest BCUT2D eigenvalue weighted by atomic mass is 32.2. The summed E-state index contributed by atoms with van der Waals surface area (Å²) in [4.78, 5) is 45.4. The summed E-state index contributed by atoms with van der Waals surface area (Å²) in [6, 6.07) is -2.28. The van der Waals surface area contributed by atoms with Gasteiger partial charge in [0.15, 0.2) is 28.1 Å². The zero-order valence-electron chi connectivity index (χ0n) is 17.0. The number of rotatable bonds is 7. The van der Waals surface area contributed by atoms with Gasteiger partial charge in [-0.05, 0) is 13.3 Å². The van der Waals surface area contributed by atoms with Gasteiger partial charge in [0.05, 0.1) is 6.04 Å². The molecule has 2 aliphatic heterocycles. The Morgan fingerprint density at radius 3 is 2.56 bits per heavy atom. The van der Waals surface area contributed by atoms with Crippen molar-refractivity contribution in [1.82, 2.24) is 19.6 Å². The van der Waals surface area contributed by atoms with Crippen molar-refractivity contribution in [2.75, 3.05) is 5.73 Å². The van der Waals surface area contributed by atoms with Crippen LogP contribution in [0.25, 0.3) is 0 Å². The second-order valence-electron chi connectivity index (χ2n) is 6.98. The van der Waals surface area contributed by atoms with Crippen molar-refractivity contribution in [1.29, 1.82) is 0 Å². The minimum atomic E-state index is -6.16. The molecule has 2 aliphatic rings. The van der Waals surface area contributed by atoms with Crippen molar-refractivity contribution in [3.05, 3.63) is 29.6 Å². The smallest absolute Gasteiger partial charge is 0.476 e. The number of carbonyl (C=O) groups excluding carboxylic acids is 2. The Kier molecular flexibility index (Phi) is 6.40. The second kappa shape index (κ2) is 8.67. The average Bonchev–Trinajstić information content (AvgIpc) is 3.14. The van der Waals surface area contributed by atoms with E-state index in [9.17, 15) is 41.1 Å². The lowest BCUT2D eigenvalue weighted by molar-refractivity contribution is -0.156. The van der Waals surface area contributed by atoms with E-state index in [1.54, 1.807) is 0 Å². The summed E-state index contributed by atoms with van der Waals surface area (Å²) in [7, 11) is -6.16. The van der Waals surface area contributed by atoms with Crippen LogP contribution in [0.5, 0.6) is 0 Å². The number of nitrogens with zero attached hydrogens (tertiary/aromatic N) is 4. The van der Waals surface area contributed by atoms with Gasteiger partial charge in [0.1, 0.15) is 6.04 Å². The average molecular weight is 524 g/mol. The van der Waals surface area contributed by atoms with Crippen molar-refractivity contribution in [3.8, 4) is 0 Å². The minimum Gasteiger partial charge on any atom is -0.476 e. The maximum atomic E-state index is 12.8. The molecule has 0 aromatic carbocycles. The molecule has 34 heavy (non-hydrogen) atoms. The molecule has 0 bridgehead atoms. The van der Waals surface area contributed by atoms with Crippen LogP contribution in [0, 0.1) is 0 Å². The normalized spacial score (nSPS) is 21.0. The predicted octanol–water partition coefficient (Wildman–Crippen LogP) is 0.0948. The number of nitrogens with one attached hydrogen (secondary N) is 1. The molecule has 0 aliphatic carbocycles. The lowest BCUT2D eigenvalue weighted by Gasteiger charge is -2.49. The number of aliphatic carboxylic acids is 1. The van der Waals surface area contributed by atoms with E-state index < -0.39 is 63.4 Å². The molecule has 1 aromatic rings. The molecule has 4 N–H and O–H groups in total. The van der Waals surface area contributed by atoms with Crippen LogP contribution >= 0.6 is 11.5 Å². The molecule has 13 nitrogen and oxygen atoms in total. The summed E-state index contributed by atoms with van der Waals surface area (Å²) in [5, 5.41) is 11.8. The maximum absolute atomic E-state index is 12.8. The highest BCUT2D eigenvalue weighted by molar-refractivity contribution is 7.87. The van der Waals surface area contributed by atoms with Crippen LogP contribution in [-0.2, 0) is 28.7 Å². The van der Waals surface area contributed by atoms with Gasteiger partial charge < -0.3 is 20.3 Å².